The minimum absolute atomic E-state index is 4.01. The van der Waals surface area contributed by atoms with Gasteiger partial charge in [0.05, 0.1) is 0 Å². The lowest BCUT2D eigenvalue weighted by molar-refractivity contribution is -0.348. The van der Waals surface area contributed by atoms with Crippen molar-refractivity contribution in [3.8, 4) is 0 Å². The summed E-state index contributed by atoms with van der Waals surface area (Å²) >= 11 is 0. The number of aliphatic hydroxyl groups is 1. The second-order valence-electron chi connectivity index (χ2n) is 4.57. The van der Waals surface area contributed by atoms with Crippen molar-refractivity contribution in [3.05, 3.63) is 0 Å². The lowest BCUT2D eigenvalue weighted by Crippen LogP contribution is -2.55. The van der Waals surface area contributed by atoms with E-state index < -0.39 is 61.7 Å². The first-order chi connectivity index (χ1) is 10.6. The lowest BCUT2D eigenvalue weighted by Gasteiger charge is -2.29. The van der Waals surface area contributed by atoms with E-state index in [4.69, 9.17) is 5.11 Å². The van der Waals surface area contributed by atoms with Gasteiger partial charge in [-0.2, -0.15) is 17.6 Å². The van der Waals surface area contributed by atoms with Gasteiger partial charge >= 0.3 is 12.0 Å². The minimum atomic E-state index is -6.29. The molecule has 0 aromatic carbocycles. The molecule has 14 heteroatoms. The summed E-state index contributed by atoms with van der Waals surface area (Å²) in [6.45, 7) is 0. The van der Waals surface area contributed by atoms with E-state index in [1.54, 1.807) is 0 Å². The molecular formula is C10H9F13O. The Morgan fingerprint density at radius 2 is 0.792 bits per heavy atom. The van der Waals surface area contributed by atoms with Gasteiger partial charge in [0.2, 0.25) is 6.17 Å². The van der Waals surface area contributed by atoms with E-state index >= 15 is 0 Å². The average Bonchev–Trinajstić information content (AvgIpc) is 2.48. The van der Waals surface area contributed by atoms with Crippen molar-refractivity contribution in [2.24, 2.45) is 0 Å². The molecule has 1 nitrogen and oxygen atoms in total. The molecule has 0 heterocycles. The summed E-state index contributed by atoms with van der Waals surface area (Å²) in [5, 5.41) is 7.64. The van der Waals surface area contributed by atoms with E-state index in [1.165, 1.54) is 0 Å². The molecule has 1 N–H and O–H groups in total. The second kappa shape index (κ2) is 7.95. The van der Waals surface area contributed by atoms with E-state index in [0.29, 0.717) is 0 Å². The van der Waals surface area contributed by atoms with Crippen LogP contribution in [-0.2, 0) is 0 Å². The van der Waals surface area contributed by atoms with Gasteiger partial charge in [0.1, 0.15) is 0 Å². The van der Waals surface area contributed by atoms with E-state index in [1.807, 2.05) is 0 Å². The lowest BCUT2D eigenvalue weighted by atomic mass is 9.97. The number of alkyl halides is 13. The Morgan fingerprint density at radius 3 is 1.08 bits per heavy atom. The number of hydrogen-bond donors (Lipinski definition) is 1. The first-order valence-corrected chi connectivity index (χ1v) is 5.82. The van der Waals surface area contributed by atoms with Crippen molar-refractivity contribution >= 4 is 0 Å². The fraction of sp³-hybridized carbons (Fsp3) is 1.00. The Balaban J connectivity index is 5.16. The summed E-state index contributed by atoms with van der Waals surface area (Å²) in [4.78, 5) is 0. The van der Waals surface area contributed by atoms with Gasteiger partial charge in [-0.15, -0.1) is 0 Å². The van der Waals surface area contributed by atoms with Crippen LogP contribution >= 0.6 is 0 Å². The summed E-state index contributed by atoms with van der Waals surface area (Å²) in [6, 6.07) is 0. The Kier molecular flexibility index (Phi) is 7.64. The van der Waals surface area contributed by atoms with Crippen LogP contribution in [-0.4, -0.2) is 66.8 Å². The van der Waals surface area contributed by atoms with Crippen LogP contribution < -0.4 is 0 Å². The van der Waals surface area contributed by atoms with Crippen LogP contribution in [0.3, 0.4) is 0 Å². The standard InChI is InChI=1S/C10H9F13O/c11-1(2(12)4(14)6(16)8(18)19)3(13)5(15)7(17)9(20,21)10(22,23)24/h1-8,24H. The van der Waals surface area contributed by atoms with E-state index in [-0.39, 0.29) is 0 Å². The molecule has 0 fully saturated rings. The third-order valence-corrected chi connectivity index (χ3v) is 2.79. The van der Waals surface area contributed by atoms with Crippen molar-refractivity contribution in [3.63, 3.8) is 0 Å². The van der Waals surface area contributed by atoms with E-state index in [0.717, 1.165) is 0 Å². The van der Waals surface area contributed by atoms with Crippen molar-refractivity contribution in [2.45, 2.75) is 61.7 Å². The molecule has 0 aliphatic heterocycles. The molecule has 0 aliphatic carbocycles. The van der Waals surface area contributed by atoms with Crippen molar-refractivity contribution in [2.75, 3.05) is 0 Å². The predicted octanol–water partition coefficient (Wildman–Crippen LogP) is 3.84. The molecule has 0 aromatic heterocycles. The summed E-state index contributed by atoms with van der Waals surface area (Å²) in [5.74, 6) is -6.29. The average molecular weight is 392 g/mol. The summed E-state index contributed by atoms with van der Waals surface area (Å²) in [5.41, 5.74) is 0. The van der Waals surface area contributed by atoms with Crippen LogP contribution in [0.25, 0.3) is 0 Å². The Labute approximate surface area is 125 Å². The minimum Gasteiger partial charge on any atom is -0.331 e. The van der Waals surface area contributed by atoms with Gasteiger partial charge in [-0.05, 0) is 0 Å². The Hall–Kier alpha value is -0.950. The molecule has 0 spiro atoms. The molecule has 146 valence electrons. The van der Waals surface area contributed by atoms with Crippen molar-refractivity contribution in [1.29, 1.82) is 0 Å². The van der Waals surface area contributed by atoms with Gasteiger partial charge in [0.15, 0.2) is 37.0 Å². The highest BCUT2D eigenvalue weighted by Gasteiger charge is 2.65. The largest absolute Gasteiger partial charge is 0.420 e. The van der Waals surface area contributed by atoms with E-state index in [9.17, 15) is 57.1 Å². The zero-order valence-corrected chi connectivity index (χ0v) is 11.0. The molecule has 0 amide bonds. The number of rotatable bonds is 9. The molecular weight excluding hydrogens is 383 g/mol. The van der Waals surface area contributed by atoms with Crippen LogP contribution in [0.1, 0.15) is 0 Å². The van der Waals surface area contributed by atoms with Gasteiger partial charge < -0.3 is 5.11 Å². The van der Waals surface area contributed by atoms with Crippen molar-refractivity contribution in [1.82, 2.24) is 0 Å². The molecule has 7 atom stereocenters. The maximum Gasteiger partial charge on any atom is 0.420 e. The first-order valence-electron chi connectivity index (χ1n) is 5.82. The maximum atomic E-state index is 13.1. The number of halogens is 13. The van der Waals surface area contributed by atoms with Crippen LogP contribution in [0.4, 0.5) is 57.1 Å². The van der Waals surface area contributed by atoms with Crippen LogP contribution in [0, 0.1) is 0 Å². The van der Waals surface area contributed by atoms with E-state index in [2.05, 4.69) is 0 Å². The summed E-state index contributed by atoms with van der Waals surface area (Å²) in [7, 11) is 0. The Morgan fingerprint density at radius 1 is 0.500 bits per heavy atom. The second-order valence-corrected chi connectivity index (χ2v) is 4.57. The first kappa shape index (κ1) is 23.1. The van der Waals surface area contributed by atoms with Gasteiger partial charge in [-0.25, -0.2) is 39.5 Å². The number of hydrogen-bond acceptors (Lipinski definition) is 1. The molecule has 0 radical (unpaired) electrons. The van der Waals surface area contributed by atoms with Crippen molar-refractivity contribution < 1.29 is 62.2 Å². The SMILES string of the molecule is OC(F)(F)C(F)(F)C(F)C(F)C(F)C(F)C(F)C(F)C(F)C(F)F. The Bertz CT molecular complexity index is 385. The van der Waals surface area contributed by atoms with Gasteiger partial charge in [0, 0.05) is 0 Å². The molecule has 0 aromatic rings. The molecule has 0 aliphatic rings. The van der Waals surface area contributed by atoms with Gasteiger partial charge in [0.25, 0.3) is 6.43 Å². The zero-order valence-electron chi connectivity index (χ0n) is 11.0. The summed E-state index contributed by atoms with van der Waals surface area (Å²) in [6.07, 6.45) is -40.9. The van der Waals surface area contributed by atoms with Gasteiger partial charge in [-0.3, -0.25) is 0 Å². The highest BCUT2D eigenvalue weighted by molar-refractivity contribution is 4.97. The maximum absolute atomic E-state index is 13.1. The predicted molar refractivity (Wildman–Crippen MR) is 52.4 cm³/mol. The molecule has 24 heavy (non-hydrogen) atoms. The quantitative estimate of drug-likeness (QED) is 0.592. The van der Waals surface area contributed by atoms with Gasteiger partial charge in [-0.1, -0.05) is 0 Å². The topological polar surface area (TPSA) is 20.2 Å². The molecule has 0 bridgehead atoms. The highest BCUT2D eigenvalue weighted by Crippen LogP contribution is 2.40. The highest BCUT2D eigenvalue weighted by atomic mass is 19.3. The fourth-order valence-corrected chi connectivity index (χ4v) is 1.37. The molecule has 0 rings (SSSR count). The smallest absolute Gasteiger partial charge is 0.331 e. The van der Waals surface area contributed by atoms with Crippen LogP contribution in [0.15, 0.2) is 0 Å². The third-order valence-electron chi connectivity index (χ3n) is 2.79. The normalized spacial score (nSPS) is 22.6. The van der Waals surface area contributed by atoms with Crippen LogP contribution in [0.5, 0.6) is 0 Å². The van der Waals surface area contributed by atoms with Crippen LogP contribution in [0.2, 0.25) is 0 Å². The molecule has 0 saturated carbocycles. The summed E-state index contributed by atoms with van der Waals surface area (Å²) < 4.78 is 163. The monoisotopic (exact) mass is 392 g/mol. The zero-order chi connectivity index (χ0) is 19.6. The molecule has 0 saturated heterocycles. The third kappa shape index (κ3) is 4.79. The molecule has 7 unspecified atom stereocenters. The fourth-order valence-electron chi connectivity index (χ4n) is 1.37.